The van der Waals surface area contributed by atoms with E-state index in [-0.39, 0.29) is 5.41 Å². The first-order chi connectivity index (χ1) is 22.6. The van der Waals surface area contributed by atoms with Gasteiger partial charge < -0.3 is 9.32 Å². The Kier molecular flexibility index (Phi) is 5.25. The molecule has 0 spiro atoms. The predicted octanol–water partition coefficient (Wildman–Crippen LogP) is 12.9. The molecule has 0 bridgehead atoms. The van der Waals surface area contributed by atoms with E-state index >= 15 is 0 Å². The largest absolute Gasteiger partial charge is 0.455 e. The van der Waals surface area contributed by atoms with Gasteiger partial charge in [-0.25, -0.2) is 0 Å². The molecular formula is C43H29NOS. The third kappa shape index (κ3) is 3.52. The molecule has 0 saturated heterocycles. The highest BCUT2D eigenvalue weighted by Crippen LogP contribution is 2.52. The molecule has 3 heteroatoms. The Morgan fingerprint density at radius 2 is 1.22 bits per heavy atom. The van der Waals surface area contributed by atoms with Crippen molar-refractivity contribution in [3.8, 4) is 11.1 Å². The summed E-state index contributed by atoms with van der Waals surface area (Å²) >= 11 is 1.86. The van der Waals surface area contributed by atoms with E-state index in [1.165, 1.54) is 42.4 Å². The van der Waals surface area contributed by atoms with E-state index in [9.17, 15) is 0 Å². The van der Waals surface area contributed by atoms with Crippen molar-refractivity contribution in [2.24, 2.45) is 0 Å². The van der Waals surface area contributed by atoms with E-state index in [0.717, 1.165) is 49.8 Å². The van der Waals surface area contributed by atoms with Gasteiger partial charge in [-0.15, -0.1) is 11.3 Å². The molecule has 0 fully saturated rings. The smallest absolute Gasteiger partial charge is 0.145 e. The molecule has 10 rings (SSSR count). The van der Waals surface area contributed by atoms with Gasteiger partial charge in [0.05, 0.1) is 11.1 Å². The SMILES string of the molecule is CC1(C)c2ccccc2-c2cc(N(c3ccc4c(c3)sc3ccccc34)c3cc4ccccc4c4oc5ccccc5c34)ccc21. The fourth-order valence-electron chi connectivity index (χ4n) is 7.84. The molecular weight excluding hydrogens is 579 g/mol. The van der Waals surface area contributed by atoms with E-state index in [0.29, 0.717) is 0 Å². The van der Waals surface area contributed by atoms with Crippen LogP contribution >= 0.6 is 11.3 Å². The number of thiophene rings is 1. The first kappa shape index (κ1) is 25.9. The van der Waals surface area contributed by atoms with Crippen LogP contribution in [0.5, 0.6) is 0 Å². The minimum Gasteiger partial charge on any atom is -0.455 e. The van der Waals surface area contributed by atoms with Gasteiger partial charge in [-0.05, 0) is 70.1 Å². The summed E-state index contributed by atoms with van der Waals surface area (Å²) in [6.07, 6.45) is 0. The number of fused-ring (bicyclic) bond motifs is 11. The molecule has 46 heavy (non-hydrogen) atoms. The maximum atomic E-state index is 6.66. The number of hydrogen-bond acceptors (Lipinski definition) is 3. The maximum Gasteiger partial charge on any atom is 0.145 e. The van der Waals surface area contributed by atoms with Crippen LogP contribution in [0.25, 0.3) is 64.0 Å². The lowest BCUT2D eigenvalue weighted by molar-refractivity contribution is 0.660. The van der Waals surface area contributed by atoms with Crippen molar-refractivity contribution in [2.45, 2.75) is 19.3 Å². The lowest BCUT2D eigenvalue weighted by Gasteiger charge is -2.28. The zero-order valence-electron chi connectivity index (χ0n) is 25.5. The minimum atomic E-state index is -0.0533. The Hall–Kier alpha value is -5.38. The van der Waals surface area contributed by atoms with Crippen LogP contribution in [0.1, 0.15) is 25.0 Å². The molecule has 0 N–H and O–H groups in total. The molecule has 2 heterocycles. The second kappa shape index (κ2) is 9.32. The second-order valence-electron chi connectivity index (χ2n) is 12.9. The number of para-hydroxylation sites is 1. The molecule has 1 aliphatic rings. The lowest BCUT2D eigenvalue weighted by atomic mass is 9.82. The molecule has 0 unspecified atom stereocenters. The van der Waals surface area contributed by atoms with Crippen molar-refractivity contribution in [3.05, 3.63) is 151 Å². The normalized spacial score (nSPS) is 13.6. The van der Waals surface area contributed by atoms with E-state index in [1.54, 1.807) is 0 Å². The first-order valence-corrected chi connectivity index (χ1v) is 16.7. The predicted molar refractivity (Wildman–Crippen MR) is 196 cm³/mol. The van der Waals surface area contributed by atoms with Crippen LogP contribution in [-0.4, -0.2) is 0 Å². The van der Waals surface area contributed by atoms with Gasteiger partial charge in [0.1, 0.15) is 11.2 Å². The van der Waals surface area contributed by atoms with Crippen LogP contribution in [0.15, 0.2) is 144 Å². The molecule has 218 valence electrons. The van der Waals surface area contributed by atoms with Gasteiger partial charge >= 0.3 is 0 Å². The average Bonchev–Trinajstić information content (AvgIpc) is 3.73. The van der Waals surface area contributed by atoms with Crippen molar-refractivity contribution in [3.63, 3.8) is 0 Å². The fraction of sp³-hybridized carbons (Fsp3) is 0.0698. The topological polar surface area (TPSA) is 16.4 Å². The summed E-state index contributed by atoms with van der Waals surface area (Å²) in [6.45, 7) is 4.68. The Morgan fingerprint density at radius 3 is 2.13 bits per heavy atom. The van der Waals surface area contributed by atoms with Crippen LogP contribution < -0.4 is 4.90 Å². The van der Waals surface area contributed by atoms with Gasteiger partial charge in [-0.3, -0.25) is 0 Å². The highest BCUT2D eigenvalue weighted by Gasteiger charge is 2.35. The molecule has 7 aromatic carbocycles. The first-order valence-electron chi connectivity index (χ1n) is 15.9. The minimum absolute atomic E-state index is 0.0533. The molecule has 9 aromatic rings. The van der Waals surface area contributed by atoms with E-state index in [1.807, 2.05) is 11.3 Å². The van der Waals surface area contributed by atoms with Crippen LogP contribution in [0.3, 0.4) is 0 Å². The Morgan fingerprint density at radius 1 is 0.543 bits per heavy atom. The number of rotatable bonds is 3. The molecule has 0 radical (unpaired) electrons. The van der Waals surface area contributed by atoms with Crippen molar-refractivity contribution in [2.75, 3.05) is 4.90 Å². The molecule has 0 saturated carbocycles. The number of benzene rings is 7. The van der Waals surface area contributed by atoms with Gasteiger partial charge in [0.2, 0.25) is 0 Å². The third-order valence-corrected chi connectivity index (χ3v) is 11.2. The summed E-state index contributed by atoms with van der Waals surface area (Å²) in [5.41, 5.74) is 10.5. The third-order valence-electron chi connectivity index (χ3n) is 10.0. The molecule has 0 amide bonds. The van der Waals surface area contributed by atoms with Gasteiger partial charge in [-0.2, -0.15) is 0 Å². The standard InChI is InChI=1S/C43H29NOS/c1-43(2)35-16-8-5-13-30(35)34-24-27(20-22-36(34)43)44(28-19-21-32-31-14-7-10-18-39(31)46-40(32)25-28)37-23-26-11-3-4-12-29(26)42-41(37)33-15-6-9-17-38(33)45-42/h3-25H,1-2H3. The van der Waals surface area contributed by atoms with Crippen LogP contribution in [-0.2, 0) is 5.41 Å². The number of hydrogen-bond donors (Lipinski definition) is 0. The highest BCUT2D eigenvalue weighted by atomic mass is 32.1. The number of anilines is 3. The van der Waals surface area contributed by atoms with E-state index < -0.39 is 0 Å². The second-order valence-corrected chi connectivity index (χ2v) is 14.0. The monoisotopic (exact) mass is 607 g/mol. The molecule has 2 nitrogen and oxygen atoms in total. The zero-order chi connectivity index (χ0) is 30.6. The van der Waals surface area contributed by atoms with Crippen LogP contribution in [0.4, 0.5) is 17.1 Å². The summed E-state index contributed by atoms with van der Waals surface area (Å²) in [5, 5.41) is 7.15. The maximum absolute atomic E-state index is 6.66. The van der Waals surface area contributed by atoms with Gasteiger partial charge in [-0.1, -0.05) is 111 Å². The summed E-state index contributed by atoms with van der Waals surface area (Å²) in [6, 6.07) is 51.0. The van der Waals surface area contributed by atoms with Crippen molar-refractivity contribution in [1.82, 2.24) is 0 Å². The molecule has 1 aliphatic carbocycles. The zero-order valence-corrected chi connectivity index (χ0v) is 26.4. The summed E-state index contributed by atoms with van der Waals surface area (Å²) in [5.74, 6) is 0. The van der Waals surface area contributed by atoms with Crippen LogP contribution in [0.2, 0.25) is 0 Å². The Balaban J connectivity index is 1.31. The van der Waals surface area contributed by atoms with Crippen LogP contribution in [0, 0.1) is 0 Å². The quantitative estimate of drug-likeness (QED) is 0.199. The van der Waals surface area contributed by atoms with Crippen molar-refractivity contribution >= 4 is 81.3 Å². The van der Waals surface area contributed by atoms with Crippen molar-refractivity contribution in [1.29, 1.82) is 0 Å². The van der Waals surface area contributed by atoms with Gasteiger partial charge in [0.25, 0.3) is 0 Å². The Labute approximate surface area is 270 Å². The molecule has 0 aliphatic heterocycles. The van der Waals surface area contributed by atoms with Gasteiger partial charge in [0, 0.05) is 47.7 Å². The molecule has 0 atom stereocenters. The van der Waals surface area contributed by atoms with E-state index in [4.69, 9.17) is 4.42 Å². The number of nitrogens with zero attached hydrogens (tertiary/aromatic N) is 1. The van der Waals surface area contributed by atoms with E-state index in [2.05, 4.69) is 158 Å². The summed E-state index contributed by atoms with van der Waals surface area (Å²) in [7, 11) is 0. The fourth-order valence-corrected chi connectivity index (χ4v) is 8.98. The molecule has 2 aromatic heterocycles. The Bertz CT molecular complexity index is 2690. The highest BCUT2D eigenvalue weighted by molar-refractivity contribution is 7.25. The lowest BCUT2D eigenvalue weighted by Crippen LogP contribution is -2.15. The summed E-state index contributed by atoms with van der Waals surface area (Å²) < 4.78 is 9.26. The van der Waals surface area contributed by atoms with Crippen molar-refractivity contribution < 1.29 is 4.42 Å². The number of furan rings is 1. The average molecular weight is 608 g/mol. The summed E-state index contributed by atoms with van der Waals surface area (Å²) in [4.78, 5) is 2.45. The van der Waals surface area contributed by atoms with Gasteiger partial charge in [0.15, 0.2) is 0 Å².